The summed E-state index contributed by atoms with van der Waals surface area (Å²) in [5, 5.41) is 8.98. The van der Waals surface area contributed by atoms with Crippen molar-refractivity contribution in [1.82, 2.24) is 0 Å². The Kier molecular flexibility index (Phi) is 3.19. The number of aliphatic carboxylic acids is 1. The molecule has 1 aliphatic carbocycles. The molecule has 2 nitrogen and oxygen atoms in total. The molecule has 0 bridgehead atoms. The lowest BCUT2D eigenvalue weighted by molar-refractivity contribution is -0.143. The molecule has 0 atom stereocenters. The predicted molar refractivity (Wildman–Crippen MR) is 61.0 cm³/mol. The highest BCUT2D eigenvalue weighted by Crippen LogP contribution is 2.49. The molecule has 86 valence electrons. The van der Waals surface area contributed by atoms with Crippen LogP contribution < -0.4 is 0 Å². The van der Waals surface area contributed by atoms with Crippen LogP contribution in [0.25, 0.3) is 0 Å². The van der Waals surface area contributed by atoms with Gasteiger partial charge in [0.1, 0.15) is 5.82 Å². The van der Waals surface area contributed by atoms with E-state index in [-0.39, 0.29) is 5.82 Å². The molecule has 1 aliphatic rings. The molecule has 2 rings (SSSR count). The number of rotatable bonds is 5. The number of hydrogen-bond acceptors (Lipinski definition) is 2. The maximum absolute atomic E-state index is 12.9. The van der Waals surface area contributed by atoms with Crippen molar-refractivity contribution in [3.05, 3.63) is 30.1 Å². The van der Waals surface area contributed by atoms with E-state index in [1.807, 2.05) is 6.07 Å². The Morgan fingerprint density at radius 1 is 1.50 bits per heavy atom. The number of benzene rings is 1. The van der Waals surface area contributed by atoms with Crippen LogP contribution in [-0.4, -0.2) is 16.8 Å². The Bertz CT molecular complexity index is 402. The molecule has 1 saturated carbocycles. The third kappa shape index (κ3) is 2.55. The molecule has 1 aromatic carbocycles. The molecule has 0 heterocycles. The summed E-state index contributed by atoms with van der Waals surface area (Å²) in [4.78, 5) is 11.8. The third-order valence-electron chi connectivity index (χ3n) is 2.95. The van der Waals surface area contributed by atoms with Crippen LogP contribution in [0.3, 0.4) is 0 Å². The van der Waals surface area contributed by atoms with E-state index in [9.17, 15) is 9.18 Å². The van der Waals surface area contributed by atoms with Crippen molar-refractivity contribution in [3.63, 3.8) is 0 Å². The first-order chi connectivity index (χ1) is 7.62. The monoisotopic (exact) mass is 240 g/mol. The SMILES string of the molecule is O=C(O)C1(CCSc2cccc(F)c2)CC1. The van der Waals surface area contributed by atoms with Crippen LogP contribution in [0.15, 0.2) is 29.2 Å². The fourth-order valence-corrected chi connectivity index (χ4v) is 2.74. The predicted octanol–water partition coefficient (Wildman–Crippen LogP) is 3.17. The van der Waals surface area contributed by atoms with E-state index in [2.05, 4.69) is 0 Å². The molecule has 0 spiro atoms. The highest BCUT2D eigenvalue weighted by molar-refractivity contribution is 7.99. The van der Waals surface area contributed by atoms with Gasteiger partial charge < -0.3 is 5.11 Å². The fraction of sp³-hybridized carbons (Fsp3) is 0.417. The largest absolute Gasteiger partial charge is 0.481 e. The van der Waals surface area contributed by atoms with Crippen LogP contribution >= 0.6 is 11.8 Å². The van der Waals surface area contributed by atoms with E-state index < -0.39 is 11.4 Å². The lowest BCUT2D eigenvalue weighted by Crippen LogP contribution is -2.15. The molecule has 1 fully saturated rings. The van der Waals surface area contributed by atoms with Gasteiger partial charge in [-0.3, -0.25) is 4.79 Å². The smallest absolute Gasteiger partial charge is 0.309 e. The average Bonchev–Trinajstić information content (AvgIpc) is 2.99. The third-order valence-corrected chi connectivity index (χ3v) is 3.95. The molecular formula is C12H13FO2S. The van der Waals surface area contributed by atoms with Crippen LogP contribution in [-0.2, 0) is 4.79 Å². The van der Waals surface area contributed by atoms with E-state index in [0.717, 1.165) is 23.5 Å². The summed E-state index contributed by atoms with van der Waals surface area (Å²) in [6, 6.07) is 6.39. The van der Waals surface area contributed by atoms with Gasteiger partial charge in [-0.05, 0) is 43.2 Å². The van der Waals surface area contributed by atoms with Gasteiger partial charge >= 0.3 is 5.97 Å². The topological polar surface area (TPSA) is 37.3 Å². The number of thioether (sulfide) groups is 1. The van der Waals surface area contributed by atoms with Crippen molar-refractivity contribution < 1.29 is 14.3 Å². The molecule has 0 radical (unpaired) electrons. The average molecular weight is 240 g/mol. The second kappa shape index (κ2) is 4.45. The van der Waals surface area contributed by atoms with Gasteiger partial charge in [-0.25, -0.2) is 4.39 Å². The molecule has 0 unspecified atom stereocenters. The fourth-order valence-electron chi connectivity index (χ4n) is 1.64. The first-order valence-corrected chi connectivity index (χ1v) is 6.23. The Hall–Kier alpha value is -1.03. The first kappa shape index (κ1) is 11.5. The Balaban J connectivity index is 1.83. The number of carboxylic acids is 1. The van der Waals surface area contributed by atoms with E-state index in [0.29, 0.717) is 6.42 Å². The van der Waals surface area contributed by atoms with Gasteiger partial charge in [-0.15, -0.1) is 11.8 Å². The number of hydrogen-bond donors (Lipinski definition) is 1. The standard InChI is InChI=1S/C12H13FO2S/c13-9-2-1-3-10(8-9)16-7-6-12(4-5-12)11(14)15/h1-3,8H,4-7H2,(H,14,15). The van der Waals surface area contributed by atoms with Crippen molar-refractivity contribution in [2.24, 2.45) is 5.41 Å². The molecule has 0 amide bonds. The zero-order chi connectivity index (χ0) is 11.6. The summed E-state index contributed by atoms with van der Waals surface area (Å²) in [7, 11) is 0. The van der Waals surface area contributed by atoms with Gasteiger partial charge in [0, 0.05) is 4.90 Å². The van der Waals surface area contributed by atoms with E-state index >= 15 is 0 Å². The summed E-state index contributed by atoms with van der Waals surface area (Å²) in [5.41, 5.74) is -0.472. The van der Waals surface area contributed by atoms with Gasteiger partial charge in [0.05, 0.1) is 5.41 Å². The molecule has 0 saturated heterocycles. The first-order valence-electron chi connectivity index (χ1n) is 5.24. The molecule has 16 heavy (non-hydrogen) atoms. The van der Waals surface area contributed by atoms with Gasteiger partial charge in [0.15, 0.2) is 0 Å². The lowest BCUT2D eigenvalue weighted by Gasteiger charge is -2.08. The minimum Gasteiger partial charge on any atom is -0.481 e. The quantitative estimate of drug-likeness (QED) is 0.803. The van der Waals surface area contributed by atoms with Gasteiger partial charge in [0.2, 0.25) is 0 Å². The number of carbonyl (C=O) groups is 1. The second-order valence-corrected chi connectivity index (χ2v) is 5.31. The van der Waals surface area contributed by atoms with Crippen molar-refractivity contribution in [2.45, 2.75) is 24.2 Å². The van der Waals surface area contributed by atoms with Crippen molar-refractivity contribution in [1.29, 1.82) is 0 Å². The maximum Gasteiger partial charge on any atom is 0.309 e. The Morgan fingerprint density at radius 2 is 2.25 bits per heavy atom. The molecular weight excluding hydrogens is 227 g/mol. The van der Waals surface area contributed by atoms with Gasteiger partial charge in [-0.2, -0.15) is 0 Å². The van der Waals surface area contributed by atoms with Crippen LogP contribution in [0.4, 0.5) is 4.39 Å². The normalized spacial score (nSPS) is 17.1. The Morgan fingerprint density at radius 3 is 2.81 bits per heavy atom. The van der Waals surface area contributed by atoms with Gasteiger partial charge in [0.25, 0.3) is 0 Å². The second-order valence-electron chi connectivity index (χ2n) is 4.14. The van der Waals surface area contributed by atoms with Crippen molar-refractivity contribution in [2.75, 3.05) is 5.75 Å². The molecule has 0 aliphatic heterocycles. The molecule has 1 aromatic rings. The van der Waals surface area contributed by atoms with E-state index in [1.54, 1.807) is 6.07 Å². The zero-order valence-electron chi connectivity index (χ0n) is 8.78. The van der Waals surface area contributed by atoms with Gasteiger partial charge in [-0.1, -0.05) is 6.07 Å². The summed E-state index contributed by atoms with van der Waals surface area (Å²) in [5.74, 6) is -0.202. The molecule has 1 N–H and O–H groups in total. The van der Waals surface area contributed by atoms with E-state index in [4.69, 9.17) is 5.11 Å². The number of carboxylic acid groups (broad SMARTS) is 1. The minimum absolute atomic E-state index is 0.246. The van der Waals surface area contributed by atoms with E-state index in [1.165, 1.54) is 23.9 Å². The molecule has 0 aromatic heterocycles. The summed E-state index contributed by atoms with van der Waals surface area (Å²) >= 11 is 1.52. The summed E-state index contributed by atoms with van der Waals surface area (Å²) in [6.45, 7) is 0. The zero-order valence-corrected chi connectivity index (χ0v) is 9.60. The Labute approximate surface area is 97.9 Å². The maximum atomic E-state index is 12.9. The lowest BCUT2D eigenvalue weighted by atomic mass is 10.1. The van der Waals surface area contributed by atoms with Crippen LogP contribution in [0, 0.1) is 11.2 Å². The van der Waals surface area contributed by atoms with Crippen molar-refractivity contribution >= 4 is 17.7 Å². The van der Waals surface area contributed by atoms with Crippen molar-refractivity contribution in [3.8, 4) is 0 Å². The van der Waals surface area contributed by atoms with Crippen LogP contribution in [0.5, 0.6) is 0 Å². The highest BCUT2D eigenvalue weighted by atomic mass is 32.2. The van der Waals surface area contributed by atoms with Crippen LogP contribution in [0.2, 0.25) is 0 Å². The highest BCUT2D eigenvalue weighted by Gasteiger charge is 2.49. The summed E-state index contributed by atoms with van der Waals surface area (Å²) in [6.07, 6.45) is 2.24. The minimum atomic E-state index is -0.688. The number of halogens is 1. The van der Waals surface area contributed by atoms with Crippen LogP contribution in [0.1, 0.15) is 19.3 Å². The summed E-state index contributed by atoms with van der Waals surface area (Å²) < 4.78 is 12.9. The molecule has 4 heteroatoms.